The van der Waals surface area contributed by atoms with Crippen molar-refractivity contribution >= 4 is 16.3 Å². The summed E-state index contributed by atoms with van der Waals surface area (Å²) in [5.74, 6) is 0. The molecule has 148 valence electrons. The quantitative estimate of drug-likeness (QED) is 0.618. The average Bonchev–Trinajstić information content (AvgIpc) is 2.61. The lowest BCUT2D eigenvalue weighted by molar-refractivity contribution is -0.278. The van der Waals surface area contributed by atoms with Crippen LogP contribution in [-0.2, 0) is 10.3 Å². The number of fused-ring (bicyclic) bond motifs is 1. The van der Waals surface area contributed by atoms with Crippen molar-refractivity contribution in [3.05, 3.63) is 54.1 Å². The van der Waals surface area contributed by atoms with Crippen molar-refractivity contribution in [1.29, 1.82) is 0 Å². The van der Waals surface area contributed by atoms with Gasteiger partial charge in [0, 0.05) is 0 Å². The Morgan fingerprint density at radius 2 is 1.63 bits per heavy atom. The highest BCUT2D eigenvalue weighted by Gasteiger charge is 2.51. The molecule has 2 aromatic carbocycles. The molecule has 1 unspecified atom stereocenters. The van der Waals surface area contributed by atoms with Gasteiger partial charge in [-0.25, -0.2) is 0 Å². The van der Waals surface area contributed by atoms with E-state index in [1.807, 2.05) is 57.2 Å². The molecule has 0 fully saturated rings. The minimum atomic E-state index is -4.76. The Hall–Kier alpha value is -1.85. The molecule has 0 saturated heterocycles. The first-order valence-corrected chi connectivity index (χ1v) is 9.10. The number of ether oxygens (including phenoxy) is 1. The van der Waals surface area contributed by atoms with E-state index in [4.69, 9.17) is 4.74 Å². The summed E-state index contributed by atoms with van der Waals surface area (Å²) in [6.45, 7) is 9.62. The summed E-state index contributed by atoms with van der Waals surface area (Å²) in [5.41, 5.74) is -1.22. The monoisotopic (exact) mass is 380 g/mol. The molecule has 0 amide bonds. The minimum Gasteiger partial charge on any atom is -0.379 e. The fraction of sp³-hybridized carbons (Fsp3) is 0.455. The van der Waals surface area contributed by atoms with Gasteiger partial charge in [-0.05, 0) is 48.6 Å². The highest BCUT2D eigenvalue weighted by Crippen LogP contribution is 2.41. The molecule has 0 aromatic heterocycles. The van der Waals surface area contributed by atoms with Crippen LogP contribution in [0.3, 0.4) is 0 Å². The van der Waals surface area contributed by atoms with Gasteiger partial charge in [-0.2, -0.15) is 13.2 Å². The van der Waals surface area contributed by atoms with Gasteiger partial charge in [0.05, 0.1) is 12.2 Å². The zero-order chi connectivity index (χ0) is 20.5. The van der Waals surface area contributed by atoms with Gasteiger partial charge in [-0.3, -0.25) is 0 Å². The summed E-state index contributed by atoms with van der Waals surface area (Å²) >= 11 is 0. The van der Waals surface area contributed by atoms with E-state index in [0.717, 1.165) is 34.4 Å². The van der Waals surface area contributed by atoms with Crippen molar-refractivity contribution in [2.24, 2.45) is 0 Å². The number of alkyl halides is 3. The Balaban J connectivity index is 2.61. The van der Waals surface area contributed by atoms with Crippen LogP contribution in [0.25, 0.3) is 16.3 Å². The molecule has 0 heterocycles. The number of benzene rings is 2. The predicted molar refractivity (Wildman–Crippen MR) is 104 cm³/mol. The highest BCUT2D eigenvalue weighted by atomic mass is 19.4. The Morgan fingerprint density at radius 1 is 1.07 bits per heavy atom. The van der Waals surface area contributed by atoms with Crippen LogP contribution in [-0.4, -0.2) is 23.5 Å². The minimum absolute atomic E-state index is 0.473. The van der Waals surface area contributed by atoms with Crippen LogP contribution in [0, 0.1) is 0 Å². The lowest BCUT2D eigenvalue weighted by Gasteiger charge is -2.37. The van der Waals surface area contributed by atoms with E-state index in [9.17, 15) is 18.3 Å². The van der Waals surface area contributed by atoms with E-state index < -0.39 is 24.0 Å². The molecule has 2 aromatic rings. The second kappa shape index (κ2) is 7.64. The molecular formula is C22H27F3O2. The van der Waals surface area contributed by atoms with E-state index in [1.165, 1.54) is 0 Å². The zero-order valence-electron chi connectivity index (χ0n) is 16.3. The number of rotatable bonds is 7. The van der Waals surface area contributed by atoms with E-state index in [0.29, 0.717) is 12.8 Å². The van der Waals surface area contributed by atoms with Crippen molar-refractivity contribution < 1.29 is 23.0 Å². The third-order valence-corrected chi connectivity index (χ3v) is 5.24. The standard InChI is InChI=1S/C22H27F3O2/c1-6-21(7-2,27-14-20(5,26)22(23,24)25)18-13-9-11-16-10-8-12-17(15(3)4)19(16)18/h8-13,26H,3,6-7,14H2,1-2,4-5H3. The summed E-state index contributed by atoms with van der Waals surface area (Å²) in [6.07, 6.45) is -3.82. The van der Waals surface area contributed by atoms with Gasteiger partial charge < -0.3 is 9.84 Å². The van der Waals surface area contributed by atoms with Crippen LogP contribution >= 0.6 is 0 Å². The van der Waals surface area contributed by atoms with Crippen LogP contribution in [0.4, 0.5) is 13.2 Å². The first-order chi connectivity index (χ1) is 12.5. The normalized spacial score (nSPS) is 15.0. The molecule has 0 saturated carbocycles. The summed E-state index contributed by atoms with van der Waals surface area (Å²) < 4.78 is 45.1. The van der Waals surface area contributed by atoms with Gasteiger partial charge in [0.1, 0.15) is 0 Å². The fourth-order valence-electron chi connectivity index (χ4n) is 3.35. The Labute approximate surface area is 158 Å². The molecular weight excluding hydrogens is 353 g/mol. The zero-order valence-corrected chi connectivity index (χ0v) is 16.3. The van der Waals surface area contributed by atoms with Crippen LogP contribution in [0.15, 0.2) is 43.0 Å². The first-order valence-electron chi connectivity index (χ1n) is 9.10. The molecule has 27 heavy (non-hydrogen) atoms. The van der Waals surface area contributed by atoms with E-state index >= 15 is 0 Å². The van der Waals surface area contributed by atoms with Crippen LogP contribution in [0.2, 0.25) is 0 Å². The Morgan fingerprint density at radius 3 is 2.11 bits per heavy atom. The van der Waals surface area contributed by atoms with E-state index in [-0.39, 0.29) is 0 Å². The molecule has 0 spiro atoms. The van der Waals surface area contributed by atoms with Gasteiger partial charge in [-0.1, -0.05) is 62.4 Å². The number of allylic oxidation sites excluding steroid dienone is 1. The molecule has 0 aliphatic heterocycles. The SMILES string of the molecule is C=C(C)c1cccc2cccc(C(CC)(CC)OCC(C)(O)C(F)(F)F)c12. The number of halogens is 3. The van der Waals surface area contributed by atoms with Crippen molar-refractivity contribution in [2.45, 2.75) is 57.9 Å². The number of hydrogen-bond acceptors (Lipinski definition) is 2. The average molecular weight is 380 g/mol. The van der Waals surface area contributed by atoms with Crippen molar-refractivity contribution in [1.82, 2.24) is 0 Å². The van der Waals surface area contributed by atoms with Gasteiger partial charge in [0.2, 0.25) is 0 Å². The smallest absolute Gasteiger partial charge is 0.379 e. The van der Waals surface area contributed by atoms with E-state index in [2.05, 4.69) is 6.58 Å². The van der Waals surface area contributed by atoms with Crippen LogP contribution in [0.5, 0.6) is 0 Å². The van der Waals surface area contributed by atoms with Gasteiger partial charge in [0.15, 0.2) is 5.60 Å². The van der Waals surface area contributed by atoms with Gasteiger partial charge in [-0.15, -0.1) is 0 Å². The molecule has 5 heteroatoms. The topological polar surface area (TPSA) is 29.5 Å². The number of hydrogen-bond donors (Lipinski definition) is 1. The molecule has 1 N–H and O–H groups in total. The van der Waals surface area contributed by atoms with Gasteiger partial charge in [0.25, 0.3) is 0 Å². The second-order valence-corrected chi connectivity index (χ2v) is 7.25. The van der Waals surface area contributed by atoms with Crippen LogP contribution in [0.1, 0.15) is 51.7 Å². The summed E-state index contributed by atoms with van der Waals surface area (Å²) in [7, 11) is 0. The second-order valence-electron chi connectivity index (χ2n) is 7.25. The molecule has 0 radical (unpaired) electrons. The van der Waals surface area contributed by atoms with Crippen molar-refractivity contribution in [3.63, 3.8) is 0 Å². The largest absolute Gasteiger partial charge is 0.419 e. The van der Waals surface area contributed by atoms with Crippen molar-refractivity contribution in [3.8, 4) is 0 Å². The lowest BCUT2D eigenvalue weighted by Crippen LogP contribution is -2.48. The lowest BCUT2D eigenvalue weighted by atomic mass is 9.82. The predicted octanol–water partition coefficient (Wildman–Crippen LogP) is 6.22. The van der Waals surface area contributed by atoms with Crippen molar-refractivity contribution in [2.75, 3.05) is 6.61 Å². The van der Waals surface area contributed by atoms with Gasteiger partial charge >= 0.3 is 6.18 Å². The first kappa shape index (κ1) is 21.5. The fourth-order valence-corrected chi connectivity index (χ4v) is 3.35. The molecule has 0 bridgehead atoms. The van der Waals surface area contributed by atoms with Crippen LogP contribution < -0.4 is 0 Å². The molecule has 1 atom stereocenters. The highest BCUT2D eigenvalue weighted by molar-refractivity contribution is 5.96. The molecule has 0 aliphatic carbocycles. The maximum atomic E-state index is 13.1. The maximum Gasteiger partial charge on any atom is 0.419 e. The summed E-state index contributed by atoms with van der Waals surface area (Å²) in [4.78, 5) is 0. The summed E-state index contributed by atoms with van der Waals surface area (Å²) in [5, 5.41) is 11.8. The third kappa shape index (κ3) is 4.04. The maximum absolute atomic E-state index is 13.1. The Bertz CT molecular complexity index is 813. The van der Waals surface area contributed by atoms with E-state index in [1.54, 1.807) is 0 Å². The number of aliphatic hydroxyl groups is 1. The molecule has 2 nitrogen and oxygen atoms in total. The Kier molecular flexibility index (Phi) is 6.07. The molecule has 0 aliphatic rings. The molecule has 2 rings (SSSR count). The summed E-state index contributed by atoms with van der Waals surface area (Å²) in [6, 6.07) is 11.6. The third-order valence-electron chi connectivity index (χ3n) is 5.24.